The summed E-state index contributed by atoms with van der Waals surface area (Å²) in [5, 5.41) is 9.23. The van der Waals surface area contributed by atoms with Gasteiger partial charge in [0.2, 0.25) is 5.78 Å². The molecule has 2 rings (SSSR count). The second kappa shape index (κ2) is 6.20. The van der Waals surface area contributed by atoms with Crippen molar-refractivity contribution in [1.29, 1.82) is 5.26 Å². The highest BCUT2D eigenvalue weighted by atomic mass is 16.1. The van der Waals surface area contributed by atoms with E-state index in [1.54, 1.807) is 17.2 Å². The third-order valence-corrected chi connectivity index (χ3v) is 3.20. The Bertz CT molecular complexity index is 566. The Morgan fingerprint density at radius 2 is 2.10 bits per heavy atom. The molecule has 1 saturated heterocycles. The summed E-state index contributed by atoms with van der Waals surface area (Å²) in [5.41, 5.74) is 1.47. The summed E-state index contributed by atoms with van der Waals surface area (Å²) in [7, 11) is 3.68. The minimum atomic E-state index is -0.192. The smallest absolute Gasteiger partial charge is 0.205 e. The largest absolute Gasteiger partial charge is 0.383 e. The van der Waals surface area contributed by atoms with Gasteiger partial charge < -0.3 is 9.80 Å². The van der Waals surface area contributed by atoms with E-state index in [1.165, 1.54) is 6.08 Å². The molecule has 1 aliphatic heterocycles. The number of ketones is 1. The molecule has 0 spiro atoms. The van der Waals surface area contributed by atoms with Gasteiger partial charge in [0.1, 0.15) is 11.8 Å². The molecular formula is C15H18N4O. The van der Waals surface area contributed by atoms with Crippen LogP contribution in [0.5, 0.6) is 0 Å². The van der Waals surface area contributed by atoms with Crippen molar-refractivity contribution < 1.29 is 4.79 Å². The van der Waals surface area contributed by atoms with Crippen LogP contribution in [0.15, 0.2) is 24.4 Å². The summed E-state index contributed by atoms with van der Waals surface area (Å²) in [6, 6.07) is 5.61. The van der Waals surface area contributed by atoms with Crippen molar-refractivity contribution in [2.45, 2.75) is 12.8 Å². The van der Waals surface area contributed by atoms with Gasteiger partial charge in [0, 0.05) is 39.5 Å². The molecule has 1 aromatic rings. The van der Waals surface area contributed by atoms with Crippen LogP contribution < -0.4 is 4.90 Å². The number of hydrogen-bond acceptors (Lipinski definition) is 5. The van der Waals surface area contributed by atoms with Gasteiger partial charge in [0.15, 0.2) is 5.69 Å². The number of hydrogen-bond donors (Lipinski definition) is 0. The van der Waals surface area contributed by atoms with Crippen molar-refractivity contribution in [2.24, 2.45) is 0 Å². The predicted molar refractivity (Wildman–Crippen MR) is 77.6 cm³/mol. The average molecular weight is 270 g/mol. The van der Waals surface area contributed by atoms with Gasteiger partial charge in [0.05, 0.1) is 5.69 Å². The van der Waals surface area contributed by atoms with Crippen LogP contribution in [0.2, 0.25) is 0 Å². The topological polar surface area (TPSA) is 60.2 Å². The van der Waals surface area contributed by atoms with Crippen molar-refractivity contribution in [2.75, 3.05) is 32.1 Å². The Kier molecular flexibility index (Phi) is 4.36. The first-order chi connectivity index (χ1) is 9.61. The van der Waals surface area contributed by atoms with Crippen molar-refractivity contribution in [3.05, 3.63) is 35.8 Å². The molecule has 1 aromatic heterocycles. The lowest BCUT2D eigenvalue weighted by molar-refractivity contribution is 0.104. The maximum absolute atomic E-state index is 12.0. The zero-order chi connectivity index (χ0) is 14.5. The monoisotopic (exact) mass is 270 g/mol. The van der Waals surface area contributed by atoms with Gasteiger partial charge in [-0.3, -0.25) is 4.79 Å². The van der Waals surface area contributed by atoms with Crippen LogP contribution in [0.25, 0.3) is 0 Å². The number of allylic oxidation sites excluding steroid dienone is 1. The highest BCUT2D eigenvalue weighted by Crippen LogP contribution is 2.23. The molecule has 1 fully saturated rings. The van der Waals surface area contributed by atoms with Crippen LogP contribution in [0.4, 0.5) is 5.69 Å². The number of carbonyl (C=O) groups excluding carboxylic acids is 1. The number of anilines is 1. The predicted octanol–water partition coefficient (Wildman–Crippen LogP) is 1.81. The molecule has 0 N–H and O–H groups in total. The van der Waals surface area contributed by atoms with E-state index in [0.29, 0.717) is 11.4 Å². The molecule has 104 valence electrons. The van der Waals surface area contributed by atoms with E-state index in [0.717, 1.165) is 31.6 Å². The molecule has 0 aliphatic carbocycles. The maximum Gasteiger partial charge on any atom is 0.205 e. The first-order valence-corrected chi connectivity index (χ1v) is 6.67. The fourth-order valence-corrected chi connectivity index (χ4v) is 2.19. The number of aromatic nitrogens is 1. The van der Waals surface area contributed by atoms with E-state index in [1.807, 2.05) is 20.2 Å². The molecule has 0 atom stereocenters. The van der Waals surface area contributed by atoms with Gasteiger partial charge in [-0.25, -0.2) is 4.98 Å². The Morgan fingerprint density at radius 1 is 1.40 bits per heavy atom. The summed E-state index contributed by atoms with van der Waals surface area (Å²) in [6.07, 6.45) is 5.40. The van der Waals surface area contributed by atoms with Crippen molar-refractivity contribution in [1.82, 2.24) is 9.88 Å². The zero-order valence-corrected chi connectivity index (χ0v) is 11.8. The summed E-state index contributed by atoms with van der Waals surface area (Å²) in [6.45, 7) is 1.90. The van der Waals surface area contributed by atoms with Gasteiger partial charge in [-0.1, -0.05) is 0 Å². The molecule has 0 saturated carbocycles. The summed E-state index contributed by atoms with van der Waals surface area (Å²) in [5.74, 6) is -0.192. The second-order valence-corrected chi connectivity index (χ2v) is 5.01. The third-order valence-electron chi connectivity index (χ3n) is 3.20. The number of rotatable bonds is 4. The number of nitriles is 1. The Labute approximate surface area is 119 Å². The van der Waals surface area contributed by atoms with Gasteiger partial charge in [-0.2, -0.15) is 5.26 Å². The molecule has 0 aromatic carbocycles. The normalized spacial score (nSPS) is 14.6. The minimum absolute atomic E-state index is 0.192. The van der Waals surface area contributed by atoms with E-state index in [-0.39, 0.29) is 5.78 Å². The van der Waals surface area contributed by atoms with E-state index in [4.69, 9.17) is 0 Å². The summed E-state index contributed by atoms with van der Waals surface area (Å²) < 4.78 is 0. The molecule has 0 amide bonds. The molecule has 0 unspecified atom stereocenters. The molecule has 0 radical (unpaired) electrons. The van der Waals surface area contributed by atoms with Crippen molar-refractivity contribution in [3.63, 3.8) is 0 Å². The van der Waals surface area contributed by atoms with Crippen LogP contribution in [0.1, 0.15) is 29.0 Å². The summed E-state index contributed by atoms with van der Waals surface area (Å²) in [4.78, 5) is 20.1. The molecule has 2 heterocycles. The SMILES string of the molecule is CN(C)/C=C/C(=O)c1ccc(N2CCCC2)c(C#N)n1. The zero-order valence-electron chi connectivity index (χ0n) is 11.8. The third kappa shape index (κ3) is 3.15. The van der Waals surface area contributed by atoms with Gasteiger partial charge in [0.25, 0.3) is 0 Å². The van der Waals surface area contributed by atoms with Crippen LogP contribution in [0.3, 0.4) is 0 Å². The second-order valence-electron chi connectivity index (χ2n) is 5.01. The van der Waals surface area contributed by atoms with Crippen LogP contribution in [-0.2, 0) is 0 Å². The Balaban J connectivity index is 2.25. The van der Waals surface area contributed by atoms with Crippen molar-refractivity contribution >= 4 is 11.5 Å². The maximum atomic E-state index is 12.0. The Hall–Kier alpha value is -2.35. The molecule has 5 nitrogen and oxygen atoms in total. The van der Waals surface area contributed by atoms with E-state index >= 15 is 0 Å². The number of pyridine rings is 1. The fraction of sp³-hybridized carbons (Fsp3) is 0.400. The van der Waals surface area contributed by atoms with E-state index < -0.39 is 0 Å². The average Bonchev–Trinajstić information content (AvgIpc) is 2.97. The standard InChI is InChI=1S/C15H18N4O/c1-18(2)10-7-15(20)12-5-6-14(13(11-16)17-12)19-8-3-4-9-19/h5-7,10H,3-4,8-9H2,1-2H3/b10-7+. The fourth-order valence-electron chi connectivity index (χ4n) is 2.19. The minimum Gasteiger partial charge on any atom is -0.383 e. The van der Waals surface area contributed by atoms with Crippen LogP contribution in [0, 0.1) is 11.3 Å². The van der Waals surface area contributed by atoms with Gasteiger partial charge >= 0.3 is 0 Å². The van der Waals surface area contributed by atoms with Crippen LogP contribution in [-0.4, -0.2) is 42.9 Å². The Morgan fingerprint density at radius 3 is 2.70 bits per heavy atom. The lowest BCUT2D eigenvalue weighted by Gasteiger charge is -2.18. The quantitative estimate of drug-likeness (QED) is 0.617. The first-order valence-electron chi connectivity index (χ1n) is 6.67. The van der Waals surface area contributed by atoms with Crippen LogP contribution >= 0.6 is 0 Å². The number of carbonyl (C=O) groups is 1. The molecule has 5 heteroatoms. The highest BCUT2D eigenvalue weighted by molar-refractivity contribution is 6.03. The molecule has 20 heavy (non-hydrogen) atoms. The first kappa shape index (κ1) is 14.1. The molecular weight excluding hydrogens is 252 g/mol. The van der Waals surface area contributed by atoms with Gasteiger partial charge in [-0.15, -0.1) is 0 Å². The molecule has 0 bridgehead atoms. The van der Waals surface area contributed by atoms with Crippen molar-refractivity contribution in [3.8, 4) is 6.07 Å². The van der Waals surface area contributed by atoms with E-state index in [2.05, 4.69) is 16.0 Å². The molecule has 1 aliphatic rings. The van der Waals surface area contributed by atoms with E-state index in [9.17, 15) is 10.1 Å². The van der Waals surface area contributed by atoms with Gasteiger partial charge in [-0.05, 0) is 25.0 Å². The summed E-state index contributed by atoms with van der Waals surface area (Å²) >= 11 is 0. The number of nitrogens with zero attached hydrogens (tertiary/aromatic N) is 4. The lowest BCUT2D eigenvalue weighted by Crippen LogP contribution is -2.19. The highest BCUT2D eigenvalue weighted by Gasteiger charge is 2.18. The lowest BCUT2D eigenvalue weighted by atomic mass is 10.2.